The summed E-state index contributed by atoms with van der Waals surface area (Å²) < 4.78 is 2.33. The molecule has 1 aromatic carbocycles. The van der Waals surface area contributed by atoms with Crippen LogP contribution < -0.4 is 5.73 Å². The quantitative estimate of drug-likeness (QED) is 0.829. The summed E-state index contributed by atoms with van der Waals surface area (Å²) in [6.45, 7) is 8.81. The number of rotatable bonds is 2. The number of carbonyl (C=O) groups is 1. The number of nitrogens with zero attached hydrogens (tertiary/aromatic N) is 2. The van der Waals surface area contributed by atoms with E-state index < -0.39 is 0 Å². The molecule has 4 heteroatoms. The van der Waals surface area contributed by atoms with E-state index in [9.17, 15) is 0 Å². The van der Waals surface area contributed by atoms with Crippen molar-refractivity contribution in [2.75, 3.05) is 0 Å². The Kier molecular flexibility index (Phi) is 4.89. The Labute approximate surface area is 108 Å². The maximum Gasteiger partial charge on any atom is 0.204 e. The van der Waals surface area contributed by atoms with Gasteiger partial charge in [0.1, 0.15) is 5.82 Å². The zero-order valence-corrected chi connectivity index (χ0v) is 11.4. The first-order chi connectivity index (χ1) is 8.52. The van der Waals surface area contributed by atoms with Crippen molar-refractivity contribution in [3.05, 3.63) is 30.1 Å². The topological polar surface area (TPSA) is 60.9 Å². The van der Waals surface area contributed by atoms with E-state index in [4.69, 9.17) is 9.78 Å². The number of carbonyl (C=O) groups excluding carboxylic acids is 1. The van der Waals surface area contributed by atoms with Gasteiger partial charge in [0.2, 0.25) is 6.41 Å². The fourth-order valence-corrected chi connectivity index (χ4v) is 2.01. The van der Waals surface area contributed by atoms with Crippen LogP contribution in [-0.2, 0) is 4.79 Å². The fourth-order valence-electron chi connectivity index (χ4n) is 2.01. The van der Waals surface area contributed by atoms with Crippen LogP contribution in [0.5, 0.6) is 0 Å². The molecular weight excluding hydrogens is 226 g/mol. The van der Waals surface area contributed by atoms with Gasteiger partial charge in [0, 0.05) is 12.0 Å². The summed E-state index contributed by atoms with van der Waals surface area (Å²) in [5.74, 6) is 1.66. The predicted molar refractivity (Wildman–Crippen MR) is 74.5 cm³/mol. The maximum absolute atomic E-state index is 8.58. The van der Waals surface area contributed by atoms with Gasteiger partial charge < -0.3 is 10.3 Å². The lowest BCUT2D eigenvalue weighted by Crippen LogP contribution is -2.07. The van der Waals surface area contributed by atoms with E-state index in [0.717, 1.165) is 5.52 Å². The summed E-state index contributed by atoms with van der Waals surface area (Å²) in [6, 6.07) is 8.82. The second-order valence-electron chi connectivity index (χ2n) is 4.71. The molecule has 1 aromatic heterocycles. The summed E-state index contributed by atoms with van der Waals surface area (Å²) in [6.07, 6.45) is 0.250. The Morgan fingerprint density at radius 2 is 1.78 bits per heavy atom. The minimum absolute atomic E-state index is 0.250. The average molecular weight is 247 g/mol. The number of benzene rings is 1. The van der Waals surface area contributed by atoms with Crippen molar-refractivity contribution in [1.29, 1.82) is 0 Å². The molecule has 2 aromatic rings. The van der Waals surface area contributed by atoms with Crippen molar-refractivity contribution < 1.29 is 4.79 Å². The number of hydrogen-bond donors (Lipinski definition) is 1. The van der Waals surface area contributed by atoms with Gasteiger partial charge in [-0.25, -0.2) is 4.98 Å². The van der Waals surface area contributed by atoms with Crippen molar-refractivity contribution in [2.24, 2.45) is 5.73 Å². The Morgan fingerprint density at radius 3 is 2.28 bits per heavy atom. The second-order valence-corrected chi connectivity index (χ2v) is 4.71. The van der Waals surface area contributed by atoms with Crippen molar-refractivity contribution in [1.82, 2.24) is 9.55 Å². The summed E-state index contributed by atoms with van der Waals surface area (Å²) in [5, 5.41) is 0. The van der Waals surface area contributed by atoms with Crippen molar-refractivity contribution >= 4 is 17.4 Å². The number of amides is 1. The van der Waals surface area contributed by atoms with Gasteiger partial charge in [-0.2, -0.15) is 0 Å². The minimum Gasteiger partial charge on any atom is -0.372 e. The van der Waals surface area contributed by atoms with Crippen LogP contribution in [0.2, 0.25) is 0 Å². The van der Waals surface area contributed by atoms with Crippen LogP contribution in [-0.4, -0.2) is 16.0 Å². The average Bonchev–Trinajstić information content (AvgIpc) is 2.69. The molecule has 0 saturated carbocycles. The molecule has 4 nitrogen and oxygen atoms in total. The number of hydrogen-bond acceptors (Lipinski definition) is 2. The third-order valence-electron chi connectivity index (χ3n) is 2.66. The molecule has 0 fully saturated rings. The summed E-state index contributed by atoms with van der Waals surface area (Å²) in [4.78, 5) is 13.3. The summed E-state index contributed by atoms with van der Waals surface area (Å²) >= 11 is 0. The normalized spacial score (nSPS) is 10.6. The molecular formula is C14H21N3O. The van der Waals surface area contributed by atoms with Crippen LogP contribution >= 0.6 is 0 Å². The molecule has 1 heterocycles. The number of fused-ring (bicyclic) bond motifs is 1. The highest BCUT2D eigenvalue weighted by Crippen LogP contribution is 2.25. The molecule has 0 spiro atoms. The van der Waals surface area contributed by atoms with Gasteiger partial charge in [-0.05, 0) is 26.0 Å². The summed E-state index contributed by atoms with van der Waals surface area (Å²) in [7, 11) is 0. The highest BCUT2D eigenvalue weighted by molar-refractivity contribution is 5.76. The molecule has 98 valence electrons. The van der Waals surface area contributed by atoms with E-state index in [1.54, 1.807) is 0 Å². The molecule has 2 N–H and O–H groups in total. The standard InChI is InChI=1S/C13H18N2.CH3NO/c1-9(2)13-14-11-7-5-6-8-12(11)15(13)10(3)4;2-1-3/h5-10H,1-4H3;1H,(H2,2,3). The van der Waals surface area contributed by atoms with Gasteiger partial charge >= 0.3 is 0 Å². The fraction of sp³-hybridized carbons (Fsp3) is 0.429. The Hall–Kier alpha value is -1.84. The van der Waals surface area contributed by atoms with Gasteiger partial charge in [-0.1, -0.05) is 26.0 Å². The van der Waals surface area contributed by atoms with Crippen molar-refractivity contribution in [3.8, 4) is 0 Å². The first-order valence-corrected chi connectivity index (χ1v) is 6.15. The summed E-state index contributed by atoms with van der Waals surface area (Å²) in [5.41, 5.74) is 6.52. The minimum atomic E-state index is 0.250. The molecule has 2 rings (SSSR count). The lowest BCUT2D eigenvalue weighted by molar-refractivity contribution is -0.106. The van der Waals surface area contributed by atoms with Crippen molar-refractivity contribution in [2.45, 2.75) is 39.7 Å². The van der Waals surface area contributed by atoms with E-state index in [-0.39, 0.29) is 6.41 Å². The number of primary amides is 1. The Morgan fingerprint density at radius 1 is 1.22 bits per heavy atom. The molecule has 0 unspecified atom stereocenters. The third-order valence-corrected chi connectivity index (χ3v) is 2.66. The van der Waals surface area contributed by atoms with Crippen LogP contribution in [0.4, 0.5) is 0 Å². The van der Waals surface area contributed by atoms with Gasteiger partial charge in [0.05, 0.1) is 11.0 Å². The monoisotopic (exact) mass is 247 g/mol. The largest absolute Gasteiger partial charge is 0.372 e. The van der Waals surface area contributed by atoms with E-state index in [1.807, 2.05) is 6.07 Å². The highest BCUT2D eigenvalue weighted by atomic mass is 16.1. The zero-order valence-electron chi connectivity index (χ0n) is 11.4. The molecule has 0 saturated heterocycles. The third kappa shape index (κ3) is 2.88. The highest BCUT2D eigenvalue weighted by Gasteiger charge is 2.14. The van der Waals surface area contributed by atoms with E-state index in [0.29, 0.717) is 12.0 Å². The molecule has 0 bridgehead atoms. The molecule has 18 heavy (non-hydrogen) atoms. The molecule has 0 aliphatic carbocycles. The maximum atomic E-state index is 8.58. The number of imidazole rings is 1. The van der Waals surface area contributed by atoms with Crippen LogP contribution in [0.15, 0.2) is 24.3 Å². The van der Waals surface area contributed by atoms with Crippen LogP contribution in [0.3, 0.4) is 0 Å². The first-order valence-electron chi connectivity index (χ1n) is 6.15. The Balaban J connectivity index is 0.000000492. The molecule has 1 amide bonds. The van der Waals surface area contributed by atoms with Crippen LogP contribution in [0.1, 0.15) is 45.5 Å². The molecule has 0 radical (unpaired) electrons. The van der Waals surface area contributed by atoms with Gasteiger partial charge in [-0.15, -0.1) is 0 Å². The van der Waals surface area contributed by atoms with Gasteiger partial charge in [-0.3, -0.25) is 4.79 Å². The smallest absolute Gasteiger partial charge is 0.204 e. The Bertz CT molecular complexity index is 515. The molecule has 0 atom stereocenters. The number of nitrogens with two attached hydrogens (primary N) is 1. The predicted octanol–water partition coefficient (Wildman–Crippen LogP) is 2.84. The van der Waals surface area contributed by atoms with Crippen molar-refractivity contribution in [3.63, 3.8) is 0 Å². The molecule has 0 aliphatic rings. The van der Waals surface area contributed by atoms with Gasteiger partial charge in [0.25, 0.3) is 0 Å². The van der Waals surface area contributed by atoms with E-state index in [1.165, 1.54) is 11.3 Å². The lowest BCUT2D eigenvalue weighted by atomic mass is 10.2. The second kappa shape index (κ2) is 6.19. The van der Waals surface area contributed by atoms with E-state index in [2.05, 4.69) is 56.2 Å². The lowest BCUT2D eigenvalue weighted by Gasteiger charge is -2.14. The molecule has 0 aliphatic heterocycles. The van der Waals surface area contributed by atoms with Crippen LogP contribution in [0, 0.1) is 0 Å². The van der Waals surface area contributed by atoms with E-state index >= 15 is 0 Å². The zero-order chi connectivity index (χ0) is 13.7. The van der Waals surface area contributed by atoms with Gasteiger partial charge in [0.15, 0.2) is 0 Å². The number of aromatic nitrogens is 2. The number of para-hydroxylation sites is 2. The SMILES string of the molecule is CC(C)c1nc2ccccc2n1C(C)C.NC=O. The van der Waals surface area contributed by atoms with Crippen LogP contribution in [0.25, 0.3) is 11.0 Å². The first kappa shape index (κ1) is 14.2.